The minimum absolute atomic E-state index is 0.278. The molecule has 0 fully saturated rings. The van der Waals surface area contributed by atoms with Crippen LogP contribution in [-0.4, -0.2) is 23.6 Å². The SMILES string of the molecule is CCCNc1ncnc(N(C)C(C)c2cccs2)c1Br. The summed E-state index contributed by atoms with van der Waals surface area (Å²) < 4.78 is 0.916. The van der Waals surface area contributed by atoms with Crippen LogP contribution in [-0.2, 0) is 0 Å². The highest BCUT2D eigenvalue weighted by molar-refractivity contribution is 9.10. The Morgan fingerprint density at radius 3 is 2.90 bits per heavy atom. The van der Waals surface area contributed by atoms with Gasteiger partial charge in [-0.1, -0.05) is 13.0 Å². The highest BCUT2D eigenvalue weighted by Crippen LogP contribution is 2.34. The second kappa shape index (κ2) is 7.04. The van der Waals surface area contributed by atoms with Gasteiger partial charge in [-0.3, -0.25) is 0 Å². The fourth-order valence-electron chi connectivity index (χ4n) is 1.88. The molecule has 0 radical (unpaired) electrons. The Hall–Kier alpha value is -1.14. The summed E-state index contributed by atoms with van der Waals surface area (Å²) in [5, 5.41) is 5.41. The molecule has 1 unspecified atom stereocenters. The molecule has 0 saturated carbocycles. The van der Waals surface area contributed by atoms with E-state index in [0.717, 1.165) is 29.1 Å². The zero-order valence-corrected chi connectivity index (χ0v) is 14.3. The first kappa shape index (κ1) is 15.3. The van der Waals surface area contributed by atoms with E-state index in [0.29, 0.717) is 0 Å². The highest BCUT2D eigenvalue weighted by atomic mass is 79.9. The van der Waals surface area contributed by atoms with E-state index in [4.69, 9.17) is 0 Å². The largest absolute Gasteiger partial charge is 0.369 e. The minimum atomic E-state index is 0.278. The Bertz CT molecular complexity index is 544. The Morgan fingerprint density at radius 2 is 2.25 bits per heavy atom. The maximum Gasteiger partial charge on any atom is 0.148 e. The Morgan fingerprint density at radius 1 is 1.45 bits per heavy atom. The number of nitrogens with one attached hydrogen (secondary N) is 1. The summed E-state index contributed by atoms with van der Waals surface area (Å²) in [6.45, 7) is 5.22. The first-order valence-corrected chi connectivity index (χ1v) is 8.33. The second-order valence-corrected chi connectivity index (χ2v) is 6.36. The summed E-state index contributed by atoms with van der Waals surface area (Å²) in [6.07, 6.45) is 2.67. The van der Waals surface area contributed by atoms with Gasteiger partial charge in [0.25, 0.3) is 0 Å². The fourth-order valence-corrected chi connectivity index (χ4v) is 3.33. The van der Waals surface area contributed by atoms with Crippen molar-refractivity contribution < 1.29 is 0 Å². The van der Waals surface area contributed by atoms with Crippen molar-refractivity contribution in [1.29, 1.82) is 0 Å². The normalized spacial score (nSPS) is 12.2. The second-order valence-electron chi connectivity index (χ2n) is 4.59. The van der Waals surface area contributed by atoms with E-state index in [1.165, 1.54) is 4.88 Å². The summed E-state index contributed by atoms with van der Waals surface area (Å²) in [5.41, 5.74) is 0. The van der Waals surface area contributed by atoms with Crippen LogP contribution in [0.25, 0.3) is 0 Å². The van der Waals surface area contributed by atoms with E-state index >= 15 is 0 Å². The van der Waals surface area contributed by atoms with E-state index in [-0.39, 0.29) is 6.04 Å². The number of halogens is 1. The van der Waals surface area contributed by atoms with Crippen molar-refractivity contribution in [1.82, 2.24) is 9.97 Å². The molecule has 1 N–H and O–H groups in total. The number of hydrogen-bond donors (Lipinski definition) is 1. The topological polar surface area (TPSA) is 41.1 Å². The van der Waals surface area contributed by atoms with Crippen molar-refractivity contribution in [3.63, 3.8) is 0 Å². The number of anilines is 2. The standard InChI is InChI=1S/C14H19BrN4S/c1-4-7-16-13-12(15)14(18-9-17-13)19(3)10(2)11-6-5-8-20-11/h5-6,8-10H,4,7H2,1-3H3,(H,16,17,18). The molecule has 20 heavy (non-hydrogen) atoms. The van der Waals surface area contributed by atoms with Crippen LogP contribution in [0.3, 0.4) is 0 Å². The van der Waals surface area contributed by atoms with Gasteiger partial charge in [-0.05, 0) is 40.7 Å². The average molecular weight is 355 g/mol. The number of nitrogens with zero attached hydrogens (tertiary/aromatic N) is 3. The number of aromatic nitrogens is 2. The van der Waals surface area contributed by atoms with E-state index in [1.54, 1.807) is 17.7 Å². The molecule has 0 aliphatic heterocycles. The summed E-state index contributed by atoms with van der Waals surface area (Å²) in [4.78, 5) is 12.2. The molecular formula is C14H19BrN4S. The molecule has 6 heteroatoms. The van der Waals surface area contributed by atoms with Crippen LogP contribution in [0.2, 0.25) is 0 Å². The van der Waals surface area contributed by atoms with E-state index in [2.05, 4.69) is 74.5 Å². The lowest BCUT2D eigenvalue weighted by Crippen LogP contribution is -2.23. The predicted molar refractivity (Wildman–Crippen MR) is 89.6 cm³/mol. The average Bonchev–Trinajstić information content (AvgIpc) is 2.99. The minimum Gasteiger partial charge on any atom is -0.369 e. The molecule has 2 rings (SSSR count). The molecule has 1 atom stereocenters. The van der Waals surface area contributed by atoms with Crippen LogP contribution in [0.5, 0.6) is 0 Å². The van der Waals surface area contributed by atoms with Gasteiger partial charge in [-0.15, -0.1) is 11.3 Å². The first-order valence-electron chi connectivity index (χ1n) is 6.65. The smallest absolute Gasteiger partial charge is 0.148 e. The van der Waals surface area contributed by atoms with Crippen LogP contribution in [0, 0.1) is 0 Å². The van der Waals surface area contributed by atoms with Gasteiger partial charge in [0.1, 0.15) is 22.4 Å². The monoisotopic (exact) mass is 354 g/mol. The van der Waals surface area contributed by atoms with Gasteiger partial charge in [-0.25, -0.2) is 9.97 Å². The summed E-state index contributed by atoms with van der Waals surface area (Å²) in [6, 6.07) is 4.50. The third-order valence-corrected chi connectivity index (χ3v) is 4.96. The molecule has 0 aromatic carbocycles. The maximum atomic E-state index is 4.41. The van der Waals surface area contributed by atoms with Crippen molar-refractivity contribution in [3.8, 4) is 0 Å². The summed E-state index contributed by atoms with van der Waals surface area (Å²) >= 11 is 5.38. The lowest BCUT2D eigenvalue weighted by Gasteiger charge is -2.26. The quantitative estimate of drug-likeness (QED) is 0.838. The molecule has 0 spiro atoms. The van der Waals surface area contributed by atoms with E-state index < -0.39 is 0 Å². The van der Waals surface area contributed by atoms with Gasteiger partial charge in [0.15, 0.2) is 0 Å². The van der Waals surface area contributed by atoms with Gasteiger partial charge in [0.05, 0.1) is 6.04 Å². The van der Waals surface area contributed by atoms with Crippen LogP contribution < -0.4 is 10.2 Å². The molecule has 0 amide bonds. The molecule has 2 aromatic heterocycles. The van der Waals surface area contributed by atoms with Crippen molar-refractivity contribution in [2.75, 3.05) is 23.8 Å². The third-order valence-electron chi connectivity index (χ3n) is 3.18. The molecule has 2 aromatic rings. The highest BCUT2D eigenvalue weighted by Gasteiger charge is 2.18. The van der Waals surface area contributed by atoms with Gasteiger partial charge in [-0.2, -0.15) is 0 Å². The van der Waals surface area contributed by atoms with Crippen LogP contribution in [0.4, 0.5) is 11.6 Å². The van der Waals surface area contributed by atoms with E-state index in [1.807, 2.05) is 0 Å². The van der Waals surface area contributed by atoms with Gasteiger partial charge in [0, 0.05) is 18.5 Å². The number of thiophene rings is 1. The van der Waals surface area contributed by atoms with Gasteiger partial charge < -0.3 is 10.2 Å². The third kappa shape index (κ3) is 3.30. The molecule has 0 aliphatic carbocycles. The Labute approximate surface area is 132 Å². The molecule has 2 heterocycles. The van der Waals surface area contributed by atoms with Crippen molar-refractivity contribution in [3.05, 3.63) is 33.2 Å². The summed E-state index contributed by atoms with van der Waals surface area (Å²) in [7, 11) is 2.06. The molecule has 0 bridgehead atoms. The number of rotatable bonds is 6. The zero-order chi connectivity index (χ0) is 14.5. The molecular weight excluding hydrogens is 336 g/mol. The first-order chi connectivity index (χ1) is 9.65. The number of hydrogen-bond acceptors (Lipinski definition) is 5. The summed E-state index contributed by atoms with van der Waals surface area (Å²) in [5.74, 6) is 1.75. The van der Waals surface area contributed by atoms with Gasteiger partial charge >= 0.3 is 0 Å². The van der Waals surface area contributed by atoms with Crippen molar-refractivity contribution in [2.45, 2.75) is 26.3 Å². The van der Waals surface area contributed by atoms with Crippen LogP contribution >= 0.6 is 27.3 Å². The van der Waals surface area contributed by atoms with Gasteiger partial charge in [0.2, 0.25) is 0 Å². The lowest BCUT2D eigenvalue weighted by atomic mass is 10.2. The predicted octanol–water partition coefficient (Wildman–Crippen LogP) is 4.32. The van der Waals surface area contributed by atoms with Crippen LogP contribution in [0.15, 0.2) is 28.3 Å². The fraction of sp³-hybridized carbons (Fsp3) is 0.429. The molecule has 108 valence electrons. The van der Waals surface area contributed by atoms with Crippen molar-refractivity contribution in [2.24, 2.45) is 0 Å². The lowest BCUT2D eigenvalue weighted by molar-refractivity contribution is 0.738. The zero-order valence-electron chi connectivity index (χ0n) is 11.9. The van der Waals surface area contributed by atoms with Crippen LogP contribution in [0.1, 0.15) is 31.2 Å². The molecule has 0 aliphatic rings. The van der Waals surface area contributed by atoms with Crippen molar-refractivity contribution >= 4 is 38.9 Å². The van der Waals surface area contributed by atoms with E-state index in [9.17, 15) is 0 Å². The molecule has 4 nitrogen and oxygen atoms in total. The Balaban J connectivity index is 2.23. The molecule has 0 saturated heterocycles. The maximum absolute atomic E-state index is 4.41. The Kier molecular flexibility index (Phi) is 5.37.